The van der Waals surface area contributed by atoms with Crippen molar-refractivity contribution >= 4 is 82.9 Å². The van der Waals surface area contributed by atoms with E-state index in [4.69, 9.17) is 9.47 Å². The van der Waals surface area contributed by atoms with Gasteiger partial charge in [-0.05, 0) is 123 Å². The molecule has 4 fully saturated rings. The molecule has 4 amide bonds. The van der Waals surface area contributed by atoms with E-state index in [0.29, 0.717) is 36.3 Å². The van der Waals surface area contributed by atoms with Crippen molar-refractivity contribution < 1.29 is 34.1 Å². The first-order valence-corrected chi connectivity index (χ1v) is 23.9. The lowest BCUT2D eigenvalue weighted by Crippen LogP contribution is -2.50. The highest BCUT2D eigenvalue weighted by molar-refractivity contribution is 6.04. The molecule has 2 unspecified atom stereocenters. The summed E-state index contributed by atoms with van der Waals surface area (Å²) in [5, 5.41) is 5.48. The number of piperazine rings is 2. The van der Waals surface area contributed by atoms with Crippen LogP contribution in [0.25, 0.3) is 0 Å². The smallest absolute Gasteiger partial charge is 0.411 e. The Balaban J connectivity index is 0.000000217. The zero-order chi connectivity index (χ0) is 45.6. The molecule has 10 rings (SSSR count). The zero-order valence-corrected chi connectivity index (χ0v) is 41.5. The third-order valence-electron chi connectivity index (χ3n) is 14.4. The van der Waals surface area contributed by atoms with Gasteiger partial charge in [-0.15, -0.1) is 24.8 Å². The van der Waals surface area contributed by atoms with E-state index >= 15 is 0 Å². The van der Waals surface area contributed by atoms with Gasteiger partial charge in [-0.3, -0.25) is 49.6 Å². The van der Waals surface area contributed by atoms with Crippen LogP contribution < -0.4 is 20.4 Å². The Morgan fingerprint density at radius 3 is 1.32 bits per heavy atom. The molecule has 4 N–H and O–H groups in total. The maximum absolute atomic E-state index is 13.7. The van der Waals surface area contributed by atoms with Gasteiger partial charge in [-0.25, -0.2) is 9.59 Å². The predicted octanol–water partition coefficient (Wildman–Crippen LogP) is 7.62. The van der Waals surface area contributed by atoms with Crippen LogP contribution in [0.3, 0.4) is 0 Å². The molecule has 4 aromatic rings. The summed E-state index contributed by atoms with van der Waals surface area (Å²) in [6.07, 6.45) is 8.46. The van der Waals surface area contributed by atoms with E-state index in [1.807, 2.05) is 82.6 Å². The number of anilines is 6. The molecule has 6 heterocycles. The van der Waals surface area contributed by atoms with Crippen molar-refractivity contribution in [2.75, 3.05) is 100 Å². The molecule has 6 aliphatic heterocycles. The van der Waals surface area contributed by atoms with Crippen LogP contribution in [0.4, 0.5) is 43.7 Å². The quantitative estimate of drug-likeness (QED) is 0.180. The number of benzene rings is 4. The molecule has 0 saturated carbocycles. The highest BCUT2D eigenvalue weighted by atomic mass is 35.5. The number of aryl methyl sites for hydroxylation is 4. The summed E-state index contributed by atoms with van der Waals surface area (Å²) in [5.74, 6) is 0.185. The van der Waals surface area contributed by atoms with Crippen LogP contribution in [0.5, 0.6) is 0 Å². The molecular formula is C52H68Cl2N8O7. The summed E-state index contributed by atoms with van der Waals surface area (Å²) in [7, 11) is 2.69. The van der Waals surface area contributed by atoms with Gasteiger partial charge in [-0.2, -0.15) is 0 Å². The summed E-state index contributed by atoms with van der Waals surface area (Å²) in [6.45, 7) is 10.4. The lowest BCUT2D eigenvalue weighted by Gasteiger charge is -2.37. The first-order chi connectivity index (χ1) is 32.2. The molecule has 4 aromatic carbocycles. The van der Waals surface area contributed by atoms with Crippen LogP contribution in [-0.2, 0) is 44.7 Å². The molecule has 0 radical (unpaired) electrons. The highest BCUT2D eigenvalue weighted by Gasteiger charge is 2.34. The Bertz CT molecular complexity index is 2260. The SMILES string of the molecule is COC(=O)Nc1ccc2c(c1)N(C(=O)CCN1CCN3CCCC3C1)c1ccccc1CC2.COC(=O)Nc1ccc2c(c1)N(C(=O)CCN1CCN3CCCC3C1)c1ccccc1CC2.Cl.Cl.O. The second kappa shape index (κ2) is 24.5. The second-order valence-electron chi connectivity index (χ2n) is 18.4. The lowest BCUT2D eigenvalue weighted by molar-refractivity contribution is -0.119. The molecular weight excluding hydrogens is 920 g/mol. The number of carbonyl (C=O) groups excluding carboxylic acids is 4. The highest BCUT2D eigenvalue weighted by Crippen LogP contribution is 2.40. The van der Waals surface area contributed by atoms with Gasteiger partial charge < -0.3 is 14.9 Å². The Morgan fingerprint density at radius 2 is 0.913 bits per heavy atom. The van der Waals surface area contributed by atoms with Gasteiger partial charge in [0, 0.05) is 88.7 Å². The van der Waals surface area contributed by atoms with E-state index in [2.05, 4.69) is 42.4 Å². The minimum absolute atomic E-state index is 0. The third kappa shape index (κ3) is 12.4. The molecule has 6 aliphatic rings. The first kappa shape index (κ1) is 53.1. The summed E-state index contributed by atoms with van der Waals surface area (Å²) < 4.78 is 9.50. The standard InChI is InChI=1S/2C26H32N4O3.2ClH.H2O/c2*1-33-26(32)27-21-11-10-20-9-8-19-5-2-3-7-23(19)30(24(20)17-21)25(31)12-14-28-15-16-29-13-4-6-22(29)18-28;;;/h2*2-3,5,7,10-11,17,22H,4,6,8-9,12-16,18H2,1H3,(H,27,32);2*1H;1H2. The summed E-state index contributed by atoms with van der Waals surface area (Å²) in [6, 6.07) is 29.1. The summed E-state index contributed by atoms with van der Waals surface area (Å²) in [4.78, 5) is 64.8. The largest absolute Gasteiger partial charge is 0.453 e. The molecule has 69 heavy (non-hydrogen) atoms. The van der Waals surface area contributed by atoms with Crippen LogP contribution in [0.1, 0.15) is 60.8 Å². The van der Waals surface area contributed by atoms with E-state index < -0.39 is 12.2 Å². The molecule has 0 bridgehead atoms. The van der Waals surface area contributed by atoms with E-state index in [1.54, 1.807) is 0 Å². The molecule has 0 spiro atoms. The van der Waals surface area contributed by atoms with E-state index in [9.17, 15) is 19.2 Å². The Kier molecular flexibility index (Phi) is 18.9. The number of hydrogen-bond acceptors (Lipinski definition) is 10. The number of halogens is 2. The fourth-order valence-corrected chi connectivity index (χ4v) is 10.9. The summed E-state index contributed by atoms with van der Waals surface area (Å²) in [5.41, 5.74) is 9.37. The summed E-state index contributed by atoms with van der Waals surface area (Å²) >= 11 is 0. The fraction of sp³-hybridized carbons (Fsp3) is 0.462. The maximum Gasteiger partial charge on any atom is 0.411 e. The van der Waals surface area contributed by atoms with Crippen molar-refractivity contribution in [1.82, 2.24) is 19.6 Å². The van der Waals surface area contributed by atoms with Gasteiger partial charge in [0.05, 0.1) is 37.0 Å². The molecule has 2 atom stereocenters. The van der Waals surface area contributed by atoms with Crippen molar-refractivity contribution in [3.63, 3.8) is 0 Å². The van der Waals surface area contributed by atoms with Gasteiger partial charge in [0.25, 0.3) is 0 Å². The number of para-hydroxylation sites is 2. The van der Waals surface area contributed by atoms with Crippen molar-refractivity contribution in [3.05, 3.63) is 107 Å². The van der Waals surface area contributed by atoms with Crippen LogP contribution in [0.2, 0.25) is 0 Å². The zero-order valence-electron chi connectivity index (χ0n) is 39.8. The van der Waals surface area contributed by atoms with Crippen molar-refractivity contribution in [3.8, 4) is 0 Å². The van der Waals surface area contributed by atoms with Gasteiger partial charge in [0.15, 0.2) is 0 Å². The molecule has 0 aromatic heterocycles. The van der Waals surface area contributed by atoms with Gasteiger partial charge in [-0.1, -0.05) is 48.5 Å². The number of ether oxygens (including phenoxy) is 2. The molecule has 4 saturated heterocycles. The minimum Gasteiger partial charge on any atom is -0.453 e. The minimum atomic E-state index is -0.520. The van der Waals surface area contributed by atoms with Crippen molar-refractivity contribution in [2.45, 2.75) is 76.3 Å². The first-order valence-electron chi connectivity index (χ1n) is 23.9. The molecule has 17 heteroatoms. The Labute approximate surface area is 418 Å². The Morgan fingerprint density at radius 1 is 0.522 bits per heavy atom. The number of nitrogens with one attached hydrogen (secondary N) is 2. The average molecular weight is 988 g/mol. The number of nitrogens with zero attached hydrogens (tertiary/aromatic N) is 6. The van der Waals surface area contributed by atoms with E-state index in [0.717, 1.165) is 112 Å². The van der Waals surface area contributed by atoms with Crippen LogP contribution in [0, 0.1) is 0 Å². The Hall–Kier alpha value is -5.26. The fourth-order valence-electron chi connectivity index (χ4n) is 10.9. The normalized spacial score (nSPS) is 19.5. The van der Waals surface area contributed by atoms with E-state index in [-0.39, 0.29) is 42.1 Å². The number of rotatable bonds is 8. The number of hydrogen-bond donors (Lipinski definition) is 2. The van der Waals surface area contributed by atoms with Crippen LogP contribution in [-0.4, -0.2) is 141 Å². The average Bonchev–Trinajstić information content (AvgIpc) is 3.95. The van der Waals surface area contributed by atoms with Crippen molar-refractivity contribution in [2.24, 2.45) is 0 Å². The van der Waals surface area contributed by atoms with Crippen LogP contribution in [0.15, 0.2) is 84.9 Å². The second-order valence-corrected chi connectivity index (χ2v) is 18.4. The lowest BCUT2D eigenvalue weighted by atomic mass is 10.0. The maximum atomic E-state index is 13.7. The molecule has 372 valence electrons. The molecule has 0 aliphatic carbocycles. The monoisotopic (exact) mass is 986 g/mol. The number of methoxy groups -OCH3 is 2. The van der Waals surface area contributed by atoms with E-state index in [1.165, 1.54) is 64.1 Å². The topological polar surface area (TPSA) is 162 Å². The van der Waals surface area contributed by atoms with Crippen molar-refractivity contribution in [1.29, 1.82) is 0 Å². The predicted molar refractivity (Wildman–Crippen MR) is 276 cm³/mol. The molecule has 15 nitrogen and oxygen atoms in total. The van der Waals surface area contributed by atoms with Gasteiger partial charge in [0.2, 0.25) is 11.8 Å². The number of carbonyl (C=O) groups is 4. The number of amides is 4. The van der Waals surface area contributed by atoms with Gasteiger partial charge >= 0.3 is 12.2 Å². The van der Waals surface area contributed by atoms with Gasteiger partial charge in [0.1, 0.15) is 0 Å². The third-order valence-corrected chi connectivity index (χ3v) is 14.4. The van der Waals surface area contributed by atoms with Crippen LogP contribution >= 0.6 is 24.8 Å². The number of fused-ring (bicyclic) bond motifs is 6.